The summed E-state index contributed by atoms with van der Waals surface area (Å²) in [6.45, 7) is 0. The van der Waals surface area contributed by atoms with Gasteiger partial charge in [0.25, 0.3) is 0 Å². The number of hydrogen-bond donors (Lipinski definition) is 1. The van der Waals surface area contributed by atoms with Crippen LogP contribution < -0.4 is 5.73 Å². The summed E-state index contributed by atoms with van der Waals surface area (Å²) in [5.41, 5.74) is 7.17. The van der Waals surface area contributed by atoms with E-state index < -0.39 is 0 Å². The fraction of sp³-hybridized carbons (Fsp3) is 0.500. The Bertz CT molecular complexity index is 316. The summed E-state index contributed by atoms with van der Waals surface area (Å²) in [5, 5.41) is 0. The van der Waals surface area contributed by atoms with Crippen molar-refractivity contribution >= 4 is 0 Å². The molecule has 0 heterocycles. The standard InChI is InChI=1S/C12H16FN/c13-11-5-3-4-10(8-11)9-12(14)6-1-2-7-12/h3-5,8H,1-2,6-7,9,14H2. The van der Waals surface area contributed by atoms with Crippen molar-refractivity contribution in [2.75, 3.05) is 0 Å². The normalized spacial score (nSPS) is 19.9. The van der Waals surface area contributed by atoms with Gasteiger partial charge in [0.05, 0.1) is 0 Å². The van der Waals surface area contributed by atoms with E-state index in [4.69, 9.17) is 5.73 Å². The van der Waals surface area contributed by atoms with Crippen LogP contribution in [-0.4, -0.2) is 5.54 Å². The lowest BCUT2D eigenvalue weighted by molar-refractivity contribution is 0.435. The lowest BCUT2D eigenvalue weighted by Gasteiger charge is -2.23. The van der Waals surface area contributed by atoms with Crippen LogP contribution in [0.3, 0.4) is 0 Å². The van der Waals surface area contributed by atoms with Crippen molar-refractivity contribution in [2.45, 2.75) is 37.6 Å². The Morgan fingerprint density at radius 3 is 2.64 bits per heavy atom. The summed E-state index contributed by atoms with van der Waals surface area (Å²) in [6.07, 6.45) is 5.38. The average molecular weight is 193 g/mol. The number of halogens is 1. The van der Waals surface area contributed by atoms with E-state index in [-0.39, 0.29) is 11.4 Å². The molecule has 0 spiro atoms. The molecule has 0 unspecified atom stereocenters. The molecule has 2 N–H and O–H groups in total. The SMILES string of the molecule is NC1(Cc2cccc(F)c2)CCCC1. The predicted molar refractivity (Wildman–Crippen MR) is 55.5 cm³/mol. The van der Waals surface area contributed by atoms with Gasteiger partial charge in [-0.05, 0) is 37.0 Å². The van der Waals surface area contributed by atoms with Crippen LogP contribution in [-0.2, 0) is 6.42 Å². The molecule has 2 rings (SSSR count). The van der Waals surface area contributed by atoms with Crippen molar-refractivity contribution in [3.8, 4) is 0 Å². The van der Waals surface area contributed by atoms with Gasteiger partial charge in [0, 0.05) is 5.54 Å². The van der Waals surface area contributed by atoms with Gasteiger partial charge in [0.1, 0.15) is 5.82 Å². The summed E-state index contributed by atoms with van der Waals surface area (Å²) in [5.74, 6) is -0.163. The third-order valence-corrected chi connectivity index (χ3v) is 3.04. The van der Waals surface area contributed by atoms with Crippen molar-refractivity contribution in [1.82, 2.24) is 0 Å². The number of benzene rings is 1. The molecule has 1 aliphatic rings. The number of nitrogens with two attached hydrogens (primary N) is 1. The Kier molecular flexibility index (Phi) is 2.55. The second kappa shape index (κ2) is 3.70. The fourth-order valence-electron chi connectivity index (χ4n) is 2.31. The van der Waals surface area contributed by atoms with E-state index in [1.54, 1.807) is 12.1 Å². The van der Waals surface area contributed by atoms with Crippen LogP contribution in [0.4, 0.5) is 4.39 Å². The van der Waals surface area contributed by atoms with Crippen LogP contribution >= 0.6 is 0 Å². The Morgan fingerprint density at radius 1 is 1.29 bits per heavy atom. The molecule has 0 radical (unpaired) electrons. The molecule has 1 aliphatic carbocycles. The molecule has 0 aliphatic heterocycles. The summed E-state index contributed by atoms with van der Waals surface area (Å²) in [7, 11) is 0. The summed E-state index contributed by atoms with van der Waals surface area (Å²) in [4.78, 5) is 0. The largest absolute Gasteiger partial charge is 0.325 e. The zero-order valence-electron chi connectivity index (χ0n) is 8.30. The maximum atomic E-state index is 12.9. The molecule has 0 bridgehead atoms. The fourth-order valence-corrected chi connectivity index (χ4v) is 2.31. The first-order valence-corrected chi connectivity index (χ1v) is 5.21. The van der Waals surface area contributed by atoms with E-state index in [0.29, 0.717) is 0 Å². The van der Waals surface area contributed by atoms with Crippen molar-refractivity contribution in [3.63, 3.8) is 0 Å². The predicted octanol–water partition coefficient (Wildman–Crippen LogP) is 2.64. The van der Waals surface area contributed by atoms with E-state index in [2.05, 4.69) is 0 Å². The monoisotopic (exact) mass is 193 g/mol. The maximum Gasteiger partial charge on any atom is 0.123 e. The Balaban J connectivity index is 2.10. The molecule has 0 saturated heterocycles. The quantitative estimate of drug-likeness (QED) is 0.767. The first kappa shape index (κ1) is 9.66. The van der Waals surface area contributed by atoms with E-state index in [1.807, 2.05) is 6.07 Å². The third-order valence-electron chi connectivity index (χ3n) is 3.04. The molecule has 1 aromatic rings. The summed E-state index contributed by atoms with van der Waals surface area (Å²) < 4.78 is 12.9. The van der Waals surface area contributed by atoms with Crippen LogP contribution in [0.25, 0.3) is 0 Å². The minimum absolute atomic E-state index is 0.0756. The topological polar surface area (TPSA) is 26.0 Å². The van der Waals surface area contributed by atoms with Crippen molar-refractivity contribution < 1.29 is 4.39 Å². The second-order valence-electron chi connectivity index (χ2n) is 4.38. The smallest absolute Gasteiger partial charge is 0.123 e. The number of hydrogen-bond acceptors (Lipinski definition) is 1. The van der Waals surface area contributed by atoms with Crippen LogP contribution in [0.5, 0.6) is 0 Å². The molecule has 1 aromatic carbocycles. The molecule has 0 atom stereocenters. The molecular weight excluding hydrogens is 177 g/mol. The third kappa shape index (κ3) is 2.13. The first-order chi connectivity index (χ1) is 6.68. The Hall–Kier alpha value is -0.890. The van der Waals surface area contributed by atoms with E-state index in [1.165, 1.54) is 18.9 Å². The van der Waals surface area contributed by atoms with Crippen LogP contribution in [0.2, 0.25) is 0 Å². The molecule has 1 fully saturated rings. The maximum absolute atomic E-state index is 12.9. The molecule has 2 heteroatoms. The van der Waals surface area contributed by atoms with Gasteiger partial charge in [-0.25, -0.2) is 4.39 Å². The van der Waals surface area contributed by atoms with E-state index in [0.717, 1.165) is 24.8 Å². The second-order valence-corrected chi connectivity index (χ2v) is 4.38. The van der Waals surface area contributed by atoms with Gasteiger partial charge in [-0.3, -0.25) is 0 Å². The Morgan fingerprint density at radius 2 is 2.00 bits per heavy atom. The molecular formula is C12H16FN. The van der Waals surface area contributed by atoms with Gasteiger partial charge in [-0.2, -0.15) is 0 Å². The summed E-state index contributed by atoms with van der Waals surface area (Å²) in [6, 6.07) is 6.77. The summed E-state index contributed by atoms with van der Waals surface area (Å²) >= 11 is 0. The lowest BCUT2D eigenvalue weighted by atomic mass is 9.90. The van der Waals surface area contributed by atoms with Gasteiger partial charge >= 0.3 is 0 Å². The molecule has 1 nitrogen and oxygen atoms in total. The van der Waals surface area contributed by atoms with Gasteiger partial charge in [0.2, 0.25) is 0 Å². The van der Waals surface area contributed by atoms with Gasteiger partial charge in [-0.15, -0.1) is 0 Å². The van der Waals surface area contributed by atoms with Crippen molar-refractivity contribution in [3.05, 3.63) is 35.6 Å². The molecule has 1 saturated carbocycles. The highest BCUT2D eigenvalue weighted by Gasteiger charge is 2.29. The highest BCUT2D eigenvalue weighted by Crippen LogP contribution is 2.30. The minimum Gasteiger partial charge on any atom is -0.325 e. The van der Waals surface area contributed by atoms with Crippen molar-refractivity contribution in [2.24, 2.45) is 5.73 Å². The zero-order chi connectivity index (χ0) is 10.0. The highest BCUT2D eigenvalue weighted by atomic mass is 19.1. The molecule has 0 aromatic heterocycles. The number of rotatable bonds is 2. The van der Waals surface area contributed by atoms with Gasteiger partial charge in [0.15, 0.2) is 0 Å². The van der Waals surface area contributed by atoms with Gasteiger partial charge in [-0.1, -0.05) is 25.0 Å². The van der Waals surface area contributed by atoms with Crippen LogP contribution in [0.15, 0.2) is 24.3 Å². The lowest BCUT2D eigenvalue weighted by Crippen LogP contribution is -2.38. The highest BCUT2D eigenvalue weighted by molar-refractivity contribution is 5.19. The molecule has 0 amide bonds. The van der Waals surface area contributed by atoms with Crippen LogP contribution in [0.1, 0.15) is 31.2 Å². The zero-order valence-corrected chi connectivity index (χ0v) is 8.30. The minimum atomic E-state index is -0.163. The molecule has 14 heavy (non-hydrogen) atoms. The molecule has 76 valence electrons. The van der Waals surface area contributed by atoms with E-state index in [9.17, 15) is 4.39 Å². The Labute approximate surface area is 84.1 Å². The first-order valence-electron chi connectivity index (χ1n) is 5.21. The van der Waals surface area contributed by atoms with Crippen molar-refractivity contribution in [1.29, 1.82) is 0 Å². The van der Waals surface area contributed by atoms with Crippen LogP contribution in [0, 0.1) is 5.82 Å². The van der Waals surface area contributed by atoms with Gasteiger partial charge < -0.3 is 5.73 Å². The van der Waals surface area contributed by atoms with E-state index >= 15 is 0 Å². The average Bonchev–Trinajstić information content (AvgIpc) is 2.51.